The number of hydrogen-bond donors (Lipinski definition) is 2. The van der Waals surface area contributed by atoms with Crippen LogP contribution in [0, 0.1) is 11.8 Å². The van der Waals surface area contributed by atoms with Crippen LogP contribution in [0.4, 0.5) is 0 Å². The molecule has 2 N–H and O–H groups in total. The zero-order valence-corrected chi connectivity index (χ0v) is 21.7. The van der Waals surface area contributed by atoms with Gasteiger partial charge in [0.1, 0.15) is 0 Å². The standard InChI is InChI=1S/C31H39N3O3/c35-30(26-17-33-19-31(26)18-32-16-24-25(31)11-12-28-29(24)37-20-36-28)34-14-13-23(21-7-3-1-4-8-21)15-27(34)22-9-5-2-6-10-22/h1,3-4,7-8,11-12,22-23,26-27,32-33H,2,5-6,9-10,13-20H2/t23-,26+,27+,31+/m1/s1. The minimum absolute atomic E-state index is 0.0706. The number of likely N-dealkylation sites (tertiary alicyclic amines) is 1. The smallest absolute Gasteiger partial charge is 0.231 e. The highest BCUT2D eigenvalue weighted by Crippen LogP contribution is 2.48. The molecule has 37 heavy (non-hydrogen) atoms. The first-order chi connectivity index (χ1) is 18.2. The van der Waals surface area contributed by atoms with Gasteiger partial charge in [-0.1, -0.05) is 55.7 Å². The number of benzene rings is 2. The third-order valence-electron chi connectivity index (χ3n) is 10.1. The van der Waals surface area contributed by atoms with Crippen molar-refractivity contribution in [3.8, 4) is 11.5 Å². The predicted molar refractivity (Wildman–Crippen MR) is 143 cm³/mol. The summed E-state index contributed by atoms with van der Waals surface area (Å²) in [5, 5.41) is 7.28. The van der Waals surface area contributed by atoms with Gasteiger partial charge in [0.15, 0.2) is 11.5 Å². The van der Waals surface area contributed by atoms with E-state index >= 15 is 0 Å². The molecule has 1 saturated carbocycles. The summed E-state index contributed by atoms with van der Waals surface area (Å²) in [5.74, 6) is 3.15. The number of piperidine rings is 1. The van der Waals surface area contributed by atoms with Gasteiger partial charge in [0, 0.05) is 49.7 Å². The summed E-state index contributed by atoms with van der Waals surface area (Å²) < 4.78 is 11.6. The third-order valence-corrected chi connectivity index (χ3v) is 10.1. The Kier molecular flexibility index (Phi) is 6.13. The van der Waals surface area contributed by atoms with E-state index in [0.29, 0.717) is 23.8 Å². The van der Waals surface area contributed by atoms with Crippen molar-refractivity contribution in [1.82, 2.24) is 15.5 Å². The Bertz CT molecular complexity index is 1150. The van der Waals surface area contributed by atoms with Crippen LogP contribution in [-0.2, 0) is 16.8 Å². The Hall–Kier alpha value is -2.57. The maximum Gasteiger partial charge on any atom is 0.231 e. The van der Waals surface area contributed by atoms with Gasteiger partial charge in [-0.25, -0.2) is 0 Å². The maximum absolute atomic E-state index is 14.6. The second-order valence-electron chi connectivity index (χ2n) is 11.9. The number of ether oxygens (including phenoxy) is 2. The molecule has 4 heterocycles. The molecule has 4 aliphatic heterocycles. The van der Waals surface area contributed by atoms with Crippen molar-refractivity contribution in [2.24, 2.45) is 11.8 Å². The van der Waals surface area contributed by atoms with Gasteiger partial charge in [0.05, 0.1) is 5.92 Å². The average Bonchev–Trinajstić information content (AvgIpc) is 3.62. The number of nitrogens with one attached hydrogen (secondary N) is 2. The van der Waals surface area contributed by atoms with Crippen LogP contribution < -0.4 is 20.1 Å². The Morgan fingerprint density at radius 1 is 0.946 bits per heavy atom. The first kappa shape index (κ1) is 23.5. The summed E-state index contributed by atoms with van der Waals surface area (Å²) in [6.45, 7) is 4.28. The summed E-state index contributed by atoms with van der Waals surface area (Å²) in [4.78, 5) is 17.0. The number of carbonyl (C=O) groups excluding carboxylic acids is 1. The highest BCUT2D eigenvalue weighted by atomic mass is 16.7. The molecule has 4 atom stereocenters. The largest absolute Gasteiger partial charge is 0.454 e. The lowest BCUT2D eigenvalue weighted by atomic mass is 9.67. The van der Waals surface area contributed by atoms with Gasteiger partial charge in [0.2, 0.25) is 12.7 Å². The fourth-order valence-electron chi connectivity index (χ4n) is 8.19. The molecule has 1 aliphatic carbocycles. The van der Waals surface area contributed by atoms with E-state index in [0.717, 1.165) is 57.1 Å². The van der Waals surface area contributed by atoms with Gasteiger partial charge < -0.3 is 25.0 Å². The predicted octanol–water partition coefficient (Wildman–Crippen LogP) is 4.33. The first-order valence-corrected chi connectivity index (χ1v) is 14.4. The van der Waals surface area contributed by atoms with Gasteiger partial charge in [-0.3, -0.25) is 4.79 Å². The van der Waals surface area contributed by atoms with Crippen molar-refractivity contribution in [3.63, 3.8) is 0 Å². The van der Waals surface area contributed by atoms with E-state index in [-0.39, 0.29) is 18.1 Å². The second-order valence-corrected chi connectivity index (χ2v) is 11.9. The lowest BCUT2D eigenvalue weighted by Gasteiger charge is -2.48. The summed E-state index contributed by atoms with van der Waals surface area (Å²) in [7, 11) is 0. The minimum Gasteiger partial charge on any atom is -0.454 e. The molecule has 1 spiro atoms. The number of amides is 1. The lowest BCUT2D eigenvalue weighted by Crippen LogP contribution is -2.57. The highest BCUT2D eigenvalue weighted by Gasteiger charge is 2.53. The number of nitrogens with zero attached hydrogens (tertiary/aromatic N) is 1. The van der Waals surface area contributed by atoms with Crippen LogP contribution in [0.3, 0.4) is 0 Å². The van der Waals surface area contributed by atoms with Crippen molar-refractivity contribution < 1.29 is 14.3 Å². The topological polar surface area (TPSA) is 62.8 Å². The molecular formula is C31H39N3O3. The molecule has 2 aromatic rings. The Morgan fingerprint density at radius 2 is 1.78 bits per heavy atom. The van der Waals surface area contributed by atoms with Crippen LogP contribution in [0.5, 0.6) is 11.5 Å². The molecule has 6 nitrogen and oxygen atoms in total. The van der Waals surface area contributed by atoms with E-state index in [2.05, 4.69) is 51.9 Å². The van der Waals surface area contributed by atoms with Gasteiger partial charge >= 0.3 is 0 Å². The summed E-state index contributed by atoms with van der Waals surface area (Å²) >= 11 is 0. The summed E-state index contributed by atoms with van der Waals surface area (Å²) in [5.41, 5.74) is 3.64. The van der Waals surface area contributed by atoms with Gasteiger partial charge in [-0.15, -0.1) is 0 Å². The van der Waals surface area contributed by atoms with E-state index in [1.807, 2.05) is 6.07 Å². The number of fused-ring (bicyclic) bond motifs is 4. The molecule has 3 fully saturated rings. The van der Waals surface area contributed by atoms with Crippen molar-refractivity contribution in [2.45, 2.75) is 68.9 Å². The molecule has 0 aromatic heterocycles. The molecule has 0 unspecified atom stereocenters. The van der Waals surface area contributed by atoms with Crippen molar-refractivity contribution in [1.29, 1.82) is 0 Å². The molecule has 2 saturated heterocycles. The Labute approximate surface area is 220 Å². The molecule has 0 radical (unpaired) electrons. The van der Waals surface area contributed by atoms with E-state index in [4.69, 9.17) is 9.47 Å². The first-order valence-electron chi connectivity index (χ1n) is 14.4. The van der Waals surface area contributed by atoms with Crippen LogP contribution in [0.15, 0.2) is 42.5 Å². The molecule has 5 aliphatic rings. The molecular weight excluding hydrogens is 462 g/mol. The molecule has 1 amide bonds. The molecule has 2 aromatic carbocycles. The van der Waals surface area contributed by atoms with Crippen molar-refractivity contribution in [3.05, 3.63) is 59.2 Å². The summed E-state index contributed by atoms with van der Waals surface area (Å²) in [6, 6.07) is 15.6. The highest BCUT2D eigenvalue weighted by molar-refractivity contribution is 5.83. The summed E-state index contributed by atoms with van der Waals surface area (Å²) in [6.07, 6.45) is 8.63. The van der Waals surface area contributed by atoms with Crippen LogP contribution in [0.25, 0.3) is 0 Å². The fourth-order valence-corrected chi connectivity index (χ4v) is 8.19. The zero-order chi connectivity index (χ0) is 24.8. The third kappa shape index (κ3) is 3.95. The SMILES string of the molecule is O=C([C@@H]1CNC[C@]12CNCc1c2ccc2c1OCO2)N1CC[C@@H](c2ccccc2)C[C@H]1C1CCCCC1. The monoisotopic (exact) mass is 501 g/mol. The van der Waals surface area contributed by atoms with Gasteiger partial charge in [0.25, 0.3) is 0 Å². The minimum atomic E-state index is -0.251. The normalized spacial score (nSPS) is 31.5. The van der Waals surface area contributed by atoms with E-state index in [9.17, 15) is 4.79 Å². The molecule has 7 rings (SSSR count). The van der Waals surface area contributed by atoms with Crippen LogP contribution in [-0.4, -0.2) is 49.8 Å². The van der Waals surface area contributed by atoms with E-state index in [1.54, 1.807) is 0 Å². The quantitative estimate of drug-likeness (QED) is 0.656. The second kappa shape index (κ2) is 9.63. The van der Waals surface area contributed by atoms with Crippen LogP contribution >= 0.6 is 0 Å². The Balaban J connectivity index is 1.20. The lowest BCUT2D eigenvalue weighted by molar-refractivity contribution is -0.142. The van der Waals surface area contributed by atoms with E-state index in [1.165, 1.54) is 48.8 Å². The van der Waals surface area contributed by atoms with Crippen LogP contribution in [0.2, 0.25) is 0 Å². The molecule has 6 heteroatoms. The number of rotatable bonds is 3. The number of carbonyl (C=O) groups is 1. The van der Waals surface area contributed by atoms with Gasteiger partial charge in [-0.2, -0.15) is 0 Å². The molecule has 0 bridgehead atoms. The average molecular weight is 502 g/mol. The van der Waals surface area contributed by atoms with E-state index < -0.39 is 0 Å². The maximum atomic E-state index is 14.6. The van der Waals surface area contributed by atoms with Gasteiger partial charge in [-0.05, 0) is 54.7 Å². The zero-order valence-electron chi connectivity index (χ0n) is 21.7. The number of hydrogen-bond acceptors (Lipinski definition) is 5. The van der Waals surface area contributed by atoms with Crippen molar-refractivity contribution >= 4 is 5.91 Å². The molecule has 196 valence electrons. The van der Waals surface area contributed by atoms with Crippen molar-refractivity contribution in [2.75, 3.05) is 33.0 Å². The Morgan fingerprint density at radius 3 is 2.65 bits per heavy atom. The fraction of sp³-hybridized carbons (Fsp3) is 0.581. The van der Waals surface area contributed by atoms with Crippen LogP contribution in [0.1, 0.15) is 67.6 Å².